The van der Waals surface area contributed by atoms with Crippen LogP contribution >= 0.6 is 0 Å². The first-order chi connectivity index (χ1) is 22.2. The molecule has 5 aromatic rings. The van der Waals surface area contributed by atoms with Gasteiger partial charge in [0.25, 0.3) is 0 Å². The maximum Gasteiger partial charge on any atom is 0.168 e. The molecule has 0 aliphatic carbocycles. The molecule has 4 atom stereocenters. The van der Waals surface area contributed by atoms with Gasteiger partial charge < -0.3 is 55.5 Å². The SMILES string of the molecule is c1ccc2c(c1)NC(c1ccc(C3(C4COC(n5ccnc5)CN4)Nc4ccccc4N3)[nH]1)(C1COC(n3ccnc3)CN1)N2. The van der Waals surface area contributed by atoms with E-state index in [9.17, 15) is 0 Å². The molecule has 0 radical (unpaired) electrons. The van der Waals surface area contributed by atoms with E-state index in [1.54, 1.807) is 25.0 Å². The standard InChI is InChI=1S/C32H35N11O2/c1-2-6-22-21(5-1)38-31(39-22,27-17-44-29(15-35-27)42-13-11-33-19-42)25-9-10-26(37-25)32(40-23-7-3-4-8-24(23)41-32)28-18-45-30(16-36-28)43-14-12-34-20-43/h1-14,19-20,27-30,35-41H,15-18H2. The van der Waals surface area contributed by atoms with Crippen molar-refractivity contribution in [1.29, 1.82) is 0 Å². The summed E-state index contributed by atoms with van der Waals surface area (Å²) in [4.78, 5) is 12.2. The van der Waals surface area contributed by atoms with Gasteiger partial charge in [-0.3, -0.25) is 0 Å². The lowest BCUT2D eigenvalue weighted by Crippen LogP contribution is -2.62. The number of hydrogen-bond donors (Lipinski definition) is 7. The fourth-order valence-corrected chi connectivity index (χ4v) is 7.12. The summed E-state index contributed by atoms with van der Waals surface area (Å²) in [6.45, 7) is 2.23. The van der Waals surface area contributed by atoms with E-state index in [1.807, 2.05) is 45.8 Å². The number of morpholine rings is 2. The van der Waals surface area contributed by atoms with Crippen molar-refractivity contribution in [2.45, 2.75) is 35.9 Å². The number of H-pyrrole nitrogens is 1. The highest BCUT2D eigenvalue weighted by atomic mass is 16.5. The van der Waals surface area contributed by atoms with E-state index < -0.39 is 11.3 Å². The van der Waals surface area contributed by atoms with Crippen LogP contribution in [0.2, 0.25) is 0 Å². The van der Waals surface area contributed by atoms with Gasteiger partial charge in [0.2, 0.25) is 0 Å². The molecule has 0 bridgehead atoms. The Morgan fingerprint density at radius 3 is 1.36 bits per heavy atom. The zero-order valence-electron chi connectivity index (χ0n) is 24.5. The van der Waals surface area contributed by atoms with Gasteiger partial charge >= 0.3 is 0 Å². The molecule has 13 nitrogen and oxygen atoms in total. The smallest absolute Gasteiger partial charge is 0.168 e. The predicted octanol–water partition coefficient (Wildman–Crippen LogP) is 3.16. The van der Waals surface area contributed by atoms with Crippen molar-refractivity contribution in [1.82, 2.24) is 34.7 Å². The second kappa shape index (κ2) is 10.4. The van der Waals surface area contributed by atoms with E-state index in [4.69, 9.17) is 9.47 Å². The van der Waals surface area contributed by atoms with Gasteiger partial charge in [0.15, 0.2) is 11.3 Å². The number of nitrogens with one attached hydrogen (secondary N) is 7. The monoisotopic (exact) mass is 605 g/mol. The highest BCUT2D eigenvalue weighted by Gasteiger charge is 2.51. The predicted molar refractivity (Wildman–Crippen MR) is 170 cm³/mol. The first kappa shape index (κ1) is 26.6. The highest BCUT2D eigenvalue weighted by Crippen LogP contribution is 2.45. The Morgan fingerprint density at radius 1 is 0.600 bits per heavy atom. The number of para-hydroxylation sites is 4. The molecule has 4 aliphatic heterocycles. The molecule has 0 saturated carbocycles. The number of nitrogens with zero attached hydrogens (tertiary/aromatic N) is 4. The van der Waals surface area contributed by atoms with Gasteiger partial charge in [-0.05, 0) is 36.4 Å². The van der Waals surface area contributed by atoms with Gasteiger partial charge in [0.1, 0.15) is 12.5 Å². The third-order valence-electron chi connectivity index (χ3n) is 9.47. The Labute approximate surface area is 259 Å². The average molecular weight is 606 g/mol. The van der Waals surface area contributed by atoms with Crippen molar-refractivity contribution < 1.29 is 9.47 Å². The summed E-state index contributed by atoms with van der Waals surface area (Å²) in [5, 5.41) is 22.8. The van der Waals surface area contributed by atoms with Crippen LogP contribution in [0, 0.1) is 0 Å². The molecule has 230 valence electrons. The van der Waals surface area contributed by atoms with E-state index in [0.29, 0.717) is 26.3 Å². The van der Waals surface area contributed by atoms with Crippen molar-refractivity contribution >= 4 is 22.7 Å². The van der Waals surface area contributed by atoms with Gasteiger partial charge in [0, 0.05) is 37.9 Å². The number of hydrogen-bond acceptors (Lipinski definition) is 10. The number of aromatic amines is 1. The largest absolute Gasteiger partial charge is 0.355 e. The van der Waals surface area contributed by atoms with E-state index in [-0.39, 0.29) is 24.5 Å². The minimum atomic E-state index is -0.697. The van der Waals surface area contributed by atoms with Crippen LogP contribution in [0.3, 0.4) is 0 Å². The molecule has 2 aromatic carbocycles. The maximum absolute atomic E-state index is 6.41. The summed E-state index contributed by atoms with van der Waals surface area (Å²) in [6.07, 6.45) is 10.8. The van der Waals surface area contributed by atoms with Crippen molar-refractivity contribution in [2.75, 3.05) is 47.6 Å². The van der Waals surface area contributed by atoms with Gasteiger partial charge in [-0.2, -0.15) is 0 Å². The molecular formula is C32H35N11O2. The van der Waals surface area contributed by atoms with Gasteiger partial charge in [-0.15, -0.1) is 0 Å². The van der Waals surface area contributed by atoms with Crippen molar-refractivity contribution in [3.05, 3.63) is 109 Å². The molecular weight excluding hydrogens is 570 g/mol. The number of ether oxygens (including phenoxy) is 2. The van der Waals surface area contributed by atoms with E-state index >= 15 is 0 Å². The van der Waals surface area contributed by atoms with Crippen LogP contribution in [0.4, 0.5) is 22.7 Å². The third-order valence-corrected chi connectivity index (χ3v) is 9.47. The minimum absolute atomic E-state index is 0.0964. The molecule has 4 aliphatic rings. The van der Waals surface area contributed by atoms with Crippen LogP contribution in [0.25, 0.3) is 0 Å². The van der Waals surface area contributed by atoms with Crippen LogP contribution in [0.5, 0.6) is 0 Å². The number of fused-ring (bicyclic) bond motifs is 2. The lowest BCUT2D eigenvalue weighted by Gasteiger charge is -2.43. The molecule has 9 rings (SSSR count). The molecule has 13 heteroatoms. The fraction of sp³-hybridized carbons (Fsp3) is 0.312. The summed E-state index contributed by atoms with van der Waals surface area (Å²) in [6, 6.07) is 20.7. The molecule has 4 unspecified atom stereocenters. The van der Waals surface area contributed by atoms with Crippen LogP contribution in [-0.2, 0) is 20.8 Å². The number of aromatic nitrogens is 5. The van der Waals surface area contributed by atoms with Gasteiger partial charge in [-0.25, -0.2) is 9.97 Å². The molecule has 0 amide bonds. The Hall–Kier alpha value is -4.82. The van der Waals surface area contributed by atoms with Crippen LogP contribution in [0.1, 0.15) is 23.8 Å². The molecule has 7 N–H and O–H groups in total. The first-order valence-electron chi connectivity index (χ1n) is 15.4. The van der Waals surface area contributed by atoms with Crippen molar-refractivity contribution in [3.8, 4) is 0 Å². The number of anilines is 4. The van der Waals surface area contributed by atoms with Gasteiger partial charge in [-0.1, -0.05) is 24.3 Å². The highest BCUT2D eigenvalue weighted by molar-refractivity contribution is 5.79. The van der Waals surface area contributed by atoms with Crippen LogP contribution in [-0.4, -0.2) is 62.5 Å². The lowest BCUT2D eigenvalue weighted by atomic mass is 9.96. The van der Waals surface area contributed by atoms with Crippen molar-refractivity contribution in [2.24, 2.45) is 0 Å². The number of benzene rings is 2. The summed E-state index contributed by atoms with van der Waals surface area (Å²) in [7, 11) is 0. The van der Waals surface area contributed by atoms with Crippen LogP contribution < -0.4 is 31.9 Å². The van der Waals surface area contributed by atoms with E-state index in [2.05, 4.69) is 83.3 Å². The number of rotatable bonds is 6. The van der Waals surface area contributed by atoms with Gasteiger partial charge in [0.05, 0.1) is 72.1 Å². The molecule has 2 saturated heterocycles. The molecule has 7 heterocycles. The van der Waals surface area contributed by atoms with E-state index in [1.165, 1.54) is 0 Å². The summed E-state index contributed by atoms with van der Waals surface area (Å²) < 4.78 is 16.8. The Balaban J connectivity index is 1.06. The second-order valence-corrected chi connectivity index (χ2v) is 12.0. The Bertz CT molecular complexity index is 1590. The lowest BCUT2D eigenvalue weighted by molar-refractivity contribution is -0.0509. The van der Waals surface area contributed by atoms with Crippen LogP contribution in [0.15, 0.2) is 98.1 Å². The quantitative estimate of drug-likeness (QED) is 0.154. The minimum Gasteiger partial charge on any atom is -0.355 e. The molecule has 2 fully saturated rings. The fourth-order valence-electron chi connectivity index (χ4n) is 7.12. The number of imidazole rings is 2. The third kappa shape index (κ3) is 4.30. The Kier molecular flexibility index (Phi) is 6.13. The zero-order chi connectivity index (χ0) is 29.8. The maximum atomic E-state index is 6.41. The topological polar surface area (TPSA) is 142 Å². The summed E-state index contributed by atoms with van der Waals surface area (Å²) in [5.41, 5.74) is 4.75. The normalized spacial score (nSPS) is 26.1. The second-order valence-electron chi connectivity index (χ2n) is 12.0. The molecule has 45 heavy (non-hydrogen) atoms. The summed E-state index contributed by atoms with van der Waals surface area (Å²) >= 11 is 0. The first-order valence-corrected chi connectivity index (χ1v) is 15.4. The molecule has 3 aromatic heterocycles. The van der Waals surface area contributed by atoms with E-state index in [0.717, 1.165) is 34.1 Å². The Morgan fingerprint density at radius 2 is 1.02 bits per heavy atom. The summed E-state index contributed by atoms with van der Waals surface area (Å²) in [5.74, 6) is 0. The molecule has 0 spiro atoms. The average Bonchev–Trinajstić information content (AvgIpc) is 3.93. The zero-order valence-corrected chi connectivity index (χ0v) is 24.5. The van der Waals surface area contributed by atoms with Crippen molar-refractivity contribution in [3.63, 3.8) is 0 Å².